The van der Waals surface area contributed by atoms with Crippen LogP contribution in [0.2, 0.25) is 0 Å². The molecule has 0 aromatic rings. The van der Waals surface area contributed by atoms with Gasteiger partial charge in [-0.25, -0.2) is 0 Å². The van der Waals surface area contributed by atoms with Crippen molar-refractivity contribution >= 4 is 5.91 Å². The van der Waals surface area contributed by atoms with E-state index in [1.807, 2.05) is 0 Å². The lowest BCUT2D eigenvalue weighted by atomic mass is 9.84. The van der Waals surface area contributed by atoms with Crippen LogP contribution in [0.15, 0.2) is 0 Å². The van der Waals surface area contributed by atoms with Gasteiger partial charge in [0.2, 0.25) is 5.91 Å². The van der Waals surface area contributed by atoms with E-state index in [1.165, 1.54) is 12.8 Å². The Hall–Kier alpha value is -0.570. The van der Waals surface area contributed by atoms with Crippen LogP contribution in [0.5, 0.6) is 0 Å². The third-order valence-corrected chi connectivity index (χ3v) is 5.08. The maximum atomic E-state index is 12.7. The summed E-state index contributed by atoms with van der Waals surface area (Å²) in [5, 5.41) is 0. The van der Waals surface area contributed by atoms with E-state index in [2.05, 4.69) is 37.5 Å². The summed E-state index contributed by atoms with van der Waals surface area (Å²) in [6, 6.07) is 0.606. The average molecular weight is 266 g/mol. The molecular weight excluding hydrogens is 236 g/mol. The molecule has 3 nitrogen and oxygen atoms in total. The molecule has 2 aliphatic heterocycles. The van der Waals surface area contributed by atoms with Gasteiger partial charge in [-0.3, -0.25) is 4.79 Å². The SMILES string of the molecule is CC1CCN(C(=O)C2CCN(C(C)C)CC2C)CC1. The van der Waals surface area contributed by atoms with E-state index in [1.54, 1.807) is 0 Å². The van der Waals surface area contributed by atoms with E-state index in [4.69, 9.17) is 0 Å². The molecular formula is C16H30N2O. The van der Waals surface area contributed by atoms with Crippen LogP contribution in [0, 0.1) is 17.8 Å². The maximum absolute atomic E-state index is 12.7. The highest BCUT2D eigenvalue weighted by Gasteiger charge is 2.35. The molecule has 0 aromatic carbocycles. The van der Waals surface area contributed by atoms with Gasteiger partial charge in [0.15, 0.2) is 0 Å². The first-order valence-corrected chi connectivity index (χ1v) is 8.02. The lowest BCUT2D eigenvalue weighted by Gasteiger charge is -2.41. The van der Waals surface area contributed by atoms with Gasteiger partial charge in [0.05, 0.1) is 0 Å². The Bertz CT molecular complexity index is 308. The molecule has 0 spiro atoms. The summed E-state index contributed by atoms with van der Waals surface area (Å²) in [5.74, 6) is 2.00. The molecule has 2 aliphatic rings. The van der Waals surface area contributed by atoms with Crippen molar-refractivity contribution in [2.24, 2.45) is 17.8 Å². The minimum Gasteiger partial charge on any atom is -0.342 e. The van der Waals surface area contributed by atoms with E-state index < -0.39 is 0 Å². The molecule has 0 aromatic heterocycles. The number of piperidine rings is 2. The number of rotatable bonds is 2. The molecule has 0 N–H and O–H groups in total. The standard InChI is InChI=1S/C16H30N2O/c1-12(2)18-10-7-15(14(4)11-18)16(19)17-8-5-13(3)6-9-17/h12-15H,5-11H2,1-4H3. The summed E-state index contributed by atoms with van der Waals surface area (Å²) in [6.45, 7) is 13.2. The van der Waals surface area contributed by atoms with Gasteiger partial charge in [-0.15, -0.1) is 0 Å². The zero-order valence-electron chi connectivity index (χ0n) is 13.1. The number of hydrogen-bond donors (Lipinski definition) is 0. The summed E-state index contributed by atoms with van der Waals surface area (Å²) in [6.07, 6.45) is 3.42. The van der Waals surface area contributed by atoms with Gasteiger partial charge in [-0.05, 0) is 51.5 Å². The van der Waals surface area contributed by atoms with Gasteiger partial charge in [0, 0.05) is 31.6 Å². The van der Waals surface area contributed by atoms with Gasteiger partial charge >= 0.3 is 0 Å². The van der Waals surface area contributed by atoms with Gasteiger partial charge in [0.1, 0.15) is 0 Å². The van der Waals surface area contributed by atoms with Crippen LogP contribution in [0.1, 0.15) is 47.0 Å². The summed E-state index contributed by atoms with van der Waals surface area (Å²) < 4.78 is 0. The quantitative estimate of drug-likeness (QED) is 0.767. The minimum atomic E-state index is 0.267. The second-order valence-electron chi connectivity index (χ2n) is 6.97. The molecule has 2 unspecified atom stereocenters. The lowest BCUT2D eigenvalue weighted by molar-refractivity contribution is -0.140. The van der Waals surface area contributed by atoms with Crippen LogP contribution in [0.25, 0.3) is 0 Å². The highest BCUT2D eigenvalue weighted by Crippen LogP contribution is 2.28. The normalized spacial score (nSPS) is 30.9. The molecule has 2 fully saturated rings. The third-order valence-electron chi connectivity index (χ3n) is 5.08. The van der Waals surface area contributed by atoms with Crippen LogP contribution < -0.4 is 0 Å². The van der Waals surface area contributed by atoms with Crippen LogP contribution in [0.3, 0.4) is 0 Å². The van der Waals surface area contributed by atoms with E-state index in [0.29, 0.717) is 17.9 Å². The Morgan fingerprint density at radius 1 is 1.05 bits per heavy atom. The first-order valence-electron chi connectivity index (χ1n) is 8.02. The fraction of sp³-hybridized carbons (Fsp3) is 0.938. The summed E-state index contributed by atoms with van der Waals surface area (Å²) in [7, 11) is 0. The third kappa shape index (κ3) is 3.50. The van der Waals surface area contributed by atoms with Crippen molar-refractivity contribution in [2.45, 2.75) is 53.0 Å². The predicted octanol–water partition coefficient (Wildman–Crippen LogP) is 2.61. The van der Waals surface area contributed by atoms with Gasteiger partial charge < -0.3 is 9.80 Å². The largest absolute Gasteiger partial charge is 0.342 e. The number of nitrogens with zero attached hydrogens (tertiary/aromatic N) is 2. The molecule has 0 aliphatic carbocycles. The molecule has 1 amide bonds. The van der Waals surface area contributed by atoms with Crippen molar-refractivity contribution in [3.63, 3.8) is 0 Å². The fourth-order valence-electron chi connectivity index (χ4n) is 3.48. The van der Waals surface area contributed by atoms with Gasteiger partial charge in [0.25, 0.3) is 0 Å². The summed E-state index contributed by atoms with van der Waals surface area (Å²) in [4.78, 5) is 17.3. The average Bonchev–Trinajstić information content (AvgIpc) is 2.38. The molecule has 110 valence electrons. The zero-order valence-corrected chi connectivity index (χ0v) is 13.1. The van der Waals surface area contributed by atoms with Gasteiger partial charge in [-0.1, -0.05) is 13.8 Å². The summed E-state index contributed by atoms with van der Waals surface area (Å²) in [5.41, 5.74) is 0. The van der Waals surface area contributed by atoms with E-state index in [0.717, 1.165) is 38.5 Å². The smallest absolute Gasteiger partial charge is 0.226 e. The van der Waals surface area contributed by atoms with Crippen molar-refractivity contribution in [3.05, 3.63) is 0 Å². The maximum Gasteiger partial charge on any atom is 0.226 e. The molecule has 0 radical (unpaired) electrons. The fourth-order valence-corrected chi connectivity index (χ4v) is 3.48. The number of carbonyl (C=O) groups excluding carboxylic acids is 1. The van der Waals surface area contributed by atoms with Crippen molar-refractivity contribution in [1.82, 2.24) is 9.80 Å². The molecule has 0 saturated carbocycles. The molecule has 2 rings (SSSR count). The Kier molecular flexibility index (Phi) is 4.88. The van der Waals surface area contributed by atoms with Crippen LogP contribution >= 0.6 is 0 Å². The first kappa shape index (κ1) is 14.8. The Labute approximate surface area is 118 Å². The molecule has 19 heavy (non-hydrogen) atoms. The molecule has 2 atom stereocenters. The second kappa shape index (κ2) is 6.25. The molecule has 3 heteroatoms. The van der Waals surface area contributed by atoms with Crippen LogP contribution in [-0.4, -0.2) is 47.9 Å². The number of amides is 1. The van der Waals surface area contributed by atoms with E-state index in [-0.39, 0.29) is 5.92 Å². The molecule has 2 saturated heterocycles. The Balaban J connectivity index is 1.90. The second-order valence-corrected chi connectivity index (χ2v) is 6.97. The topological polar surface area (TPSA) is 23.6 Å². The van der Waals surface area contributed by atoms with E-state index in [9.17, 15) is 4.79 Å². The van der Waals surface area contributed by atoms with Gasteiger partial charge in [-0.2, -0.15) is 0 Å². The Morgan fingerprint density at radius 3 is 2.21 bits per heavy atom. The van der Waals surface area contributed by atoms with Crippen LogP contribution in [0.4, 0.5) is 0 Å². The van der Waals surface area contributed by atoms with E-state index >= 15 is 0 Å². The first-order chi connectivity index (χ1) is 8.99. The zero-order chi connectivity index (χ0) is 14.0. The minimum absolute atomic E-state index is 0.267. The number of carbonyl (C=O) groups is 1. The molecule has 2 heterocycles. The lowest BCUT2D eigenvalue weighted by Crippen LogP contribution is -2.50. The highest BCUT2D eigenvalue weighted by atomic mass is 16.2. The number of likely N-dealkylation sites (tertiary alicyclic amines) is 2. The Morgan fingerprint density at radius 2 is 1.68 bits per heavy atom. The molecule has 0 bridgehead atoms. The van der Waals surface area contributed by atoms with Crippen LogP contribution in [-0.2, 0) is 4.79 Å². The van der Waals surface area contributed by atoms with Crippen molar-refractivity contribution in [1.29, 1.82) is 0 Å². The monoisotopic (exact) mass is 266 g/mol. The highest BCUT2D eigenvalue weighted by molar-refractivity contribution is 5.79. The van der Waals surface area contributed by atoms with Crippen molar-refractivity contribution < 1.29 is 4.79 Å². The predicted molar refractivity (Wildman–Crippen MR) is 79.0 cm³/mol. The van der Waals surface area contributed by atoms with Crippen molar-refractivity contribution in [2.75, 3.05) is 26.2 Å². The summed E-state index contributed by atoms with van der Waals surface area (Å²) >= 11 is 0. The number of hydrogen-bond acceptors (Lipinski definition) is 2. The van der Waals surface area contributed by atoms with Crippen molar-refractivity contribution in [3.8, 4) is 0 Å².